The molecular formula is C21H35N5O2. The van der Waals surface area contributed by atoms with Gasteiger partial charge in [0, 0.05) is 52.2 Å². The summed E-state index contributed by atoms with van der Waals surface area (Å²) >= 11 is 0. The number of guanidine groups is 1. The molecule has 1 aliphatic heterocycles. The predicted octanol–water partition coefficient (Wildman–Crippen LogP) is 1.21. The summed E-state index contributed by atoms with van der Waals surface area (Å²) in [5.41, 5.74) is 1.10. The monoisotopic (exact) mass is 389 g/mol. The van der Waals surface area contributed by atoms with Gasteiger partial charge in [-0.25, -0.2) is 0 Å². The third-order valence-electron chi connectivity index (χ3n) is 4.96. The van der Waals surface area contributed by atoms with Gasteiger partial charge in [0.05, 0.1) is 13.2 Å². The van der Waals surface area contributed by atoms with E-state index in [1.165, 1.54) is 0 Å². The van der Waals surface area contributed by atoms with Crippen molar-refractivity contribution in [3.05, 3.63) is 35.9 Å². The molecule has 1 atom stereocenters. The van der Waals surface area contributed by atoms with Gasteiger partial charge in [0.25, 0.3) is 0 Å². The number of rotatable bonds is 9. The number of hydrogen-bond acceptors (Lipinski definition) is 4. The minimum absolute atomic E-state index is 0.0279. The molecule has 1 saturated heterocycles. The van der Waals surface area contributed by atoms with Crippen molar-refractivity contribution in [3.63, 3.8) is 0 Å². The second kappa shape index (κ2) is 12.4. The molecule has 1 aliphatic rings. The molecule has 0 bridgehead atoms. The van der Waals surface area contributed by atoms with Crippen LogP contribution in [0, 0.1) is 5.92 Å². The Morgan fingerprint density at radius 1 is 1.14 bits per heavy atom. The molecule has 1 amide bonds. The van der Waals surface area contributed by atoms with Crippen LogP contribution in [0.1, 0.15) is 25.8 Å². The Kier molecular flexibility index (Phi) is 9.79. The van der Waals surface area contributed by atoms with E-state index in [0.717, 1.165) is 44.4 Å². The van der Waals surface area contributed by atoms with Gasteiger partial charge in [-0.3, -0.25) is 14.7 Å². The van der Waals surface area contributed by atoms with Gasteiger partial charge in [-0.15, -0.1) is 0 Å². The molecule has 0 spiro atoms. The third kappa shape index (κ3) is 7.86. The van der Waals surface area contributed by atoms with E-state index in [1.807, 2.05) is 30.3 Å². The van der Waals surface area contributed by atoms with Gasteiger partial charge < -0.3 is 20.7 Å². The number of nitrogens with one attached hydrogen (secondary N) is 3. The number of amides is 1. The first-order chi connectivity index (χ1) is 13.6. The molecule has 0 saturated carbocycles. The lowest BCUT2D eigenvalue weighted by molar-refractivity contribution is -0.121. The Balaban J connectivity index is 1.67. The van der Waals surface area contributed by atoms with Crippen molar-refractivity contribution >= 4 is 11.9 Å². The van der Waals surface area contributed by atoms with E-state index in [9.17, 15) is 4.79 Å². The van der Waals surface area contributed by atoms with Crippen LogP contribution in [0.4, 0.5) is 0 Å². The fourth-order valence-corrected chi connectivity index (χ4v) is 3.30. The van der Waals surface area contributed by atoms with E-state index in [-0.39, 0.29) is 5.91 Å². The number of ether oxygens (including phenoxy) is 1. The zero-order valence-corrected chi connectivity index (χ0v) is 17.4. The first-order valence-corrected chi connectivity index (χ1v) is 10.2. The van der Waals surface area contributed by atoms with E-state index in [2.05, 4.69) is 39.7 Å². The second-order valence-electron chi connectivity index (χ2n) is 7.35. The molecule has 1 aromatic rings. The summed E-state index contributed by atoms with van der Waals surface area (Å²) < 4.78 is 5.46. The summed E-state index contributed by atoms with van der Waals surface area (Å²) in [6.45, 7) is 9.95. The molecule has 1 heterocycles. The second-order valence-corrected chi connectivity index (χ2v) is 7.35. The van der Waals surface area contributed by atoms with E-state index >= 15 is 0 Å². The van der Waals surface area contributed by atoms with Gasteiger partial charge in [0.15, 0.2) is 5.96 Å². The van der Waals surface area contributed by atoms with Crippen LogP contribution < -0.4 is 16.0 Å². The molecule has 0 aliphatic carbocycles. The van der Waals surface area contributed by atoms with Gasteiger partial charge in [-0.1, -0.05) is 44.2 Å². The van der Waals surface area contributed by atoms with Gasteiger partial charge in [0.2, 0.25) is 5.91 Å². The molecule has 1 aromatic carbocycles. The fourth-order valence-electron chi connectivity index (χ4n) is 3.30. The average molecular weight is 390 g/mol. The van der Waals surface area contributed by atoms with Gasteiger partial charge in [0.1, 0.15) is 0 Å². The first-order valence-electron chi connectivity index (χ1n) is 10.2. The number of morpholine rings is 1. The topological polar surface area (TPSA) is 78.0 Å². The maximum absolute atomic E-state index is 12.0. The third-order valence-corrected chi connectivity index (χ3v) is 4.96. The minimum Gasteiger partial charge on any atom is -0.379 e. The molecule has 1 unspecified atom stereocenters. The van der Waals surface area contributed by atoms with Crippen LogP contribution in [0.15, 0.2) is 35.3 Å². The summed E-state index contributed by atoms with van der Waals surface area (Å²) in [6.07, 6.45) is 0.407. The number of carbonyl (C=O) groups is 1. The average Bonchev–Trinajstić information content (AvgIpc) is 2.72. The van der Waals surface area contributed by atoms with Gasteiger partial charge in [-0.05, 0) is 11.5 Å². The summed E-state index contributed by atoms with van der Waals surface area (Å²) in [4.78, 5) is 18.8. The molecule has 1 fully saturated rings. The Morgan fingerprint density at radius 3 is 2.50 bits per heavy atom. The molecule has 7 heteroatoms. The van der Waals surface area contributed by atoms with E-state index in [0.29, 0.717) is 31.5 Å². The standard InChI is InChI=1S/C21H35N5O2/c1-17(2)19(26-11-13-28-14-12-26)16-25-21(22-3)23-10-9-20(27)24-15-18-7-5-4-6-8-18/h4-8,17,19H,9-16H2,1-3H3,(H,24,27)(H2,22,23,25). The van der Waals surface area contributed by atoms with Crippen molar-refractivity contribution in [1.29, 1.82) is 0 Å². The van der Waals surface area contributed by atoms with Crippen LogP contribution in [-0.2, 0) is 16.1 Å². The lowest BCUT2D eigenvalue weighted by Crippen LogP contribution is -2.52. The summed E-state index contributed by atoms with van der Waals surface area (Å²) in [5.74, 6) is 1.29. The normalized spacial score (nSPS) is 16.6. The SMILES string of the molecule is CN=C(NCCC(=O)NCc1ccccc1)NCC(C(C)C)N1CCOCC1. The van der Waals surface area contributed by atoms with Crippen molar-refractivity contribution < 1.29 is 9.53 Å². The molecule has 3 N–H and O–H groups in total. The van der Waals surface area contributed by atoms with Crippen LogP contribution in [0.3, 0.4) is 0 Å². The minimum atomic E-state index is 0.0279. The highest BCUT2D eigenvalue weighted by Gasteiger charge is 2.23. The molecule has 0 radical (unpaired) electrons. The first kappa shape index (κ1) is 22.2. The van der Waals surface area contributed by atoms with E-state index in [4.69, 9.17) is 4.74 Å². The number of aliphatic imine (C=N–C) groups is 1. The van der Waals surface area contributed by atoms with Gasteiger partial charge >= 0.3 is 0 Å². The fraction of sp³-hybridized carbons (Fsp3) is 0.619. The van der Waals surface area contributed by atoms with Crippen molar-refractivity contribution in [2.75, 3.05) is 46.4 Å². The van der Waals surface area contributed by atoms with Crippen LogP contribution in [0.5, 0.6) is 0 Å². The molecule has 2 rings (SSSR count). The zero-order chi connectivity index (χ0) is 20.2. The highest BCUT2D eigenvalue weighted by Crippen LogP contribution is 2.12. The Bertz CT molecular complexity index is 600. The van der Waals surface area contributed by atoms with Crippen molar-refractivity contribution in [2.24, 2.45) is 10.9 Å². The van der Waals surface area contributed by atoms with Gasteiger partial charge in [-0.2, -0.15) is 0 Å². The van der Waals surface area contributed by atoms with Crippen LogP contribution in [0.2, 0.25) is 0 Å². The van der Waals surface area contributed by atoms with Crippen molar-refractivity contribution in [1.82, 2.24) is 20.9 Å². The lowest BCUT2D eigenvalue weighted by Gasteiger charge is -2.37. The molecule has 7 nitrogen and oxygen atoms in total. The predicted molar refractivity (Wildman–Crippen MR) is 113 cm³/mol. The van der Waals surface area contributed by atoms with Crippen LogP contribution >= 0.6 is 0 Å². The van der Waals surface area contributed by atoms with Crippen LogP contribution in [0.25, 0.3) is 0 Å². The van der Waals surface area contributed by atoms with Crippen molar-refractivity contribution in [2.45, 2.75) is 32.9 Å². The molecule has 0 aromatic heterocycles. The number of benzene rings is 1. The summed E-state index contributed by atoms with van der Waals surface area (Å²) in [6, 6.07) is 10.3. The summed E-state index contributed by atoms with van der Waals surface area (Å²) in [5, 5.41) is 9.58. The quantitative estimate of drug-likeness (QED) is 0.437. The Hall–Kier alpha value is -2.12. The Morgan fingerprint density at radius 2 is 1.86 bits per heavy atom. The maximum atomic E-state index is 12.0. The highest BCUT2D eigenvalue weighted by molar-refractivity contribution is 5.81. The molecule has 28 heavy (non-hydrogen) atoms. The van der Waals surface area contributed by atoms with E-state index < -0.39 is 0 Å². The van der Waals surface area contributed by atoms with Crippen molar-refractivity contribution in [3.8, 4) is 0 Å². The molecule has 156 valence electrons. The number of nitrogens with zero attached hydrogens (tertiary/aromatic N) is 2. The lowest BCUT2D eigenvalue weighted by atomic mass is 10.0. The smallest absolute Gasteiger partial charge is 0.222 e. The zero-order valence-electron chi connectivity index (χ0n) is 17.4. The maximum Gasteiger partial charge on any atom is 0.222 e. The van der Waals surface area contributed by atoms with Crippen LogP contribution in [-0.4, -0.2) is 69.2 Å². The summed E-state index contributed by atoms with van der Waals surface area (Å²) in [7, 11) is 1.75. The largest absolute Gasteiger partial charge is 0.379 e. The molecular weight excluding hydrogens is 354 g/mol. The number of carbonyl (C=O) groups excluding carboxylic acids is 1. The Labute approximate surface area is 168 Å². The number of hydrogen-bond donors (Lipinski definition) is 3. The van der Waals surface area contributed by atoms with E-state index in [1.54, 1.807) is 7.05 Å². The highest BCUT2D eigenvalue weighted by atomic mass is 16.5.